The van der Waals surface area contributed by atoms with E-state index in [0.29, 0.717) is 41.6 Å². The predicted molar refractivity (Wildman–Crippen MR) is 101 cm³/mol. The van der Waals surface area contributed by atoms with Crippen LogP contribution in [0.15, 0.2) is 36.0 Å². The fraction of sp³-hybridized carbons (Fsp3) is 0.278. The number of ether oxygens (including phenoxy) is 3. The highest BCUT2D eigenvalue weighted by atomic mass is 32.1. The van der Waals surface area contributed by atoms with Gasteiger partial charge in [-0.05, 0) is 0 Å². The monoisotopic (exact) mass is 386 g/mol. The van der Waals surface area contributed by atoms with E-state index in [1.54, 1.807) is 19.3 Å². The van der Waals surface area contributed by atoms with Crippen LogP contribution in [0.2, 0.25) is 0 Å². The molecule has 0 radical (unpaired) electrons. The van der Waals surface area contributed by atoms with Crippen LogP contribution >= 0.6 is 11.3 Å². The first kappa shape index (κ1) is 17.3. The number of benzene rings is 1. The Morgan fingerprint density at radius 2 is 2.15 bits per heavy atom. The van der Waals surface area contributed by atoms with E-state index in [0.717, 1.165) is 10.2 Å². The van der Waals surface area contributed by atoms with Crippen LogP contribution in [0.4, 0.5) is 0 Å². The Bertz CT molecular complexity index is 1110. The third-order valence-electron chi connectivity index (χ3n) is 4.07. The molecule has 0 bridgehead atoms. The van der Waals surface area contributed by atoms with Crippen LogP contribution in [0.1, 0.15) is 10.4 Å². The van der Waals surface area contributed by atoms with E-state index in [9.17, 15) is 4.79 Å². The lowest BCUT2D eigenvalue weighted by Gasteiger charge is -2.18. The first-order chi connectivity index (χ1) is 13.1. The number of methoxy groups -OCH3 is 1. The second-order valence-electron chi connectivity index (χ2n) is 5.89. The van der Waals surface area contributed by atoms with E-state index in [1.165, 1.54) is 23.1 Å². The third-order valence-corrected chi connectivity index (χ3v) is 5.12. The van der Waals surface area contributed by atoms with Crippen LogP contribution in [0, 0.1) is 0 Å². The van der Waals surface area contributed by atoms with Crippen molar-refractivity contribution in [3.05, 3.63) is 41.3 Å². The van der Waals surface area contributed by atoms with E-state index in [-0.39, 0.29) is 5.88 Å². The van der Waals surface area contributed by atoms with Crippen molar-refractivity contribution in [1.82, 2.24) is 14.3 Å². The van der Waals surface area contributed by atoms with Gasteiger partial charge >= 0.3 is 0 Å². The highest BCUT2D eigenvalue weighted by Gasteiger charge is 2.19. The van der Waals surface area contributed by atoms with Crippen LogP contribution < -0.4 is 19.0 Å². The highest BCUT2D eigenvalue weighted by Crippen LogP contribution is 2.35. The molecule has 0 spiro atoms. The summed E-state index contributed by atoms with van der Waals surface area (Å²) < 4.78 is 20.9. The van der Waals surface area contributed by atoms with Crippen LogP contribution in [0.3, 0.4) is 0 Å². The van der Waals surface area contributed by atoms with Gasteiger partial charge in [-0.25, -0.2) is 0 Å². The Hall–Kier alpha value is -3.07. The van der Waals surface area contributed by atoms with E-state index >= 15 is 0 Å². The maximum absolute atomic E-state index is 12.7. The molecule has 1 aliphatic heterocycles. The lowest BCUT2D eigenvalue weighted by molar-refractivity contribution is 0.0995. The maximum atomic E-state index is 12.7. The standard InChI is InChI=1S/C18H18N4O4S/c1-4-5-22-12-8-13-14(26-7-6-25-13)9-15(12)27-18(22)19-16(23)11-10-21(2)20-17(11)24-3/h4,8-10H,1,5-7H2,2-3H3. The third kappa shape index (κ3) is 3.10. The molecular formula is C18H18N4O4S. The summed E-state index contributed by atoms with van der Waals surface area (Å²) in [4.78, 5) is 17.6. The summed E-state index contributed by atoms with van der Waals surface area (Å²) in [5.41, 5.74) is 1.22. The molecule has 140 valence electrons. The highest BCUT2D eigenvalue weighted by molar-refractivity contribution is 7.16. The van der Waals surface area contributed by atoms with E-state index in [1.807, 2.05) is 16.7 Å². The first-order valence-electron chi connectivity index (χ1n) is 8.31. The SMILES string of the molecule is C=CCn1c(=NC(=O)c2cn(C)nc2OC)sc2cc3c(cc21)OCCO3. The Morgan fingerprint density at radius 1 is 1.41 bits per heavy atom. The molecule has 0 aliphatic carbocycles. The normalized spacial score (nSPS) is 13.8. The summed E-state index contributed by atoms with van der Waals surface area (Å²) in [6, 6.07) is 3.83. The summed E-state index contributed by atoms with van der Waals surface area (Å²) >= 11 is 1.40. The second kappa shape index (κ2) is 6.92. The predicted octanol–water partition coefficient (Wildman–Crippen LogP) is 2.14. The molecule has 0 saturated carbocycles. The van der Waals surface area contributed by atoms with Crippen LogP contribution in [0.5, 0.6) is 17.4 Å². The number of carbonyl (C=O) groups is 1. The lowest BCUT2D eigenvalue weighted by atomic mass is 10.2. The first-order valence-corrected chi connectivity index (χ1v) is 9.13. The zero-order valence-electron chi connectivity index (χ0n) is 15.0. The van der Waals surface area contributed by atoms with Gasteiger partial charge in [0, 0.05) is 31.9 Å². The van der Waals surface area contributed by atoms with Gasteiger partial charge in [0.25, 0.3) is 5.91 Å². The molecule has 1 aliphatic rings. The molecule has 2 aromatic heterocycles. The molecule has 0 saturated heterocycles. The molecular weight excluding hydrogens is 368 g/mol. The largest absolute Gasteiger partial charge is 0.486 e. The number of hydrogen-bond donors (Lipinski definition) is 0. The fourth-order valence-corrected chi connectivity index (χ4v) is 3.96. The molecule has 1 amide bonds. The van der Waals surface area contributed by atoms with Gasteiger partial charge in [0.1, 0.15) is 18.8 Å². The molecule has 3 aromatic rings. The van der Waals surface area contributed by atoms with Crippen molar-refractivity contribution in [3.8, 4) is 17.4 Å². The summed E-state index contributed by atoms with van der Waals surface area (Å²) in [6.07, 6.45) is 3.35. The van der Waals surface area contributed by atoms with Gasteiger partial charge in [-0.1, -0.05) is 17.4 Å². The van der Waals surface area contributed by atoms with Gasteiger partial charge in [-0.3, -0.25) is 9.48 Å². The summed E-state index contributed by atoms with van der Waals surface area (Å²) in [6.45, 7) is 5.35. The Morgan fingerprint density at radius 3 is 2.85 bits per heavy atom. The lowest BCUT2D eigenvalue weighted by Crippen LogP contribution is -2.17. The van der Waals surface area contributed by atoms with Crippen molar-refractivity contribution >= 4 is 27.5 Å². The number of allylic oxidation sites excluding steroid dienone is 1. The number of fused-ring (bicyclic) bond motifs is 2. The van der Waals surface area contributed by atoms with Crippen LogP contribution in [0.25, 0.3) is 10.2 Å². The number of carbonyl (C=O) groups excluding carboxylic acids is 1. The zero-order chi connectivity index (χ0) is 19.0. The van der Waals surface area contributed by atoms with Gasteiger partial charge in [-0.15, -0.1) is 11.7 Å². The molecule has 0 unspecified atom stereocenters. The number of rotatable bonds is 4. The second-order valence-corrected chi connectivity index (χ2v) is 6.90. The molecule has 0 N–H and O–H groups in total. The smallest absolute Gasteiger partial charge is 0.286 e. The molecule has 9 heteroatoms. The minimum absolute atomic E-state index is 0.250. The minimum Gasteiger partial charge on any atom is -0.486 e. The number of hydrogen-bond acceptors (Lipinski definition) is 6. The van der Waals surface area contributed by atoms with Crippen molar-refractivity contribution < 1.29 is 19.0 Å². The molecule has 27 heavy (non-hydrogen) atoms. The van der Waals surface area contributed by atoms with Crippen molar-refractivity contribution in [2.45, 2.75) is 6.54 Å². The minimum atomic E-state index is -0.415. The summed E-state index contributed by atoms with van der Waals surface area (Å²) in [5.74, 6) is 1.23. The molecule has 0 atom stereocenters. The molecule has 0 fully saturated rings. The molecule has 1 aromatic carbocycles. The number of thiazole rings is 1. The van der Waals surface area contributed by atoms with Crippen LogP contribution in [-0.2, 0) is 13.6 Å². The van der Waals surface area contributed by atoms with Gasteiger partial charge in [-0.2, -0.15) is 4.99 Å². The average Bonchev–Trinajstić information content (AvgIpc) is 3.20. The Balaban J connectivity index is 1.86. The van der Waals surface area contributed by atoms with Gasteiger partial charge < -0.3 is 18.8 Å². The zero-order valence-corrected chi connectivity index (χ0v) is 15.8. The van der Waals surface area contributed by atoms with Gasteiger partial charge in [0.05, 0.1) is 17.3 Å². The maximum Gasteiger partial charge on any atom is 0.286 e. The van der Waals surface area contributed by atoms with E-state index < -0.39 is 5.91 Å². The van der Waals surface area contributed by atoms with Crippen molar-refractivity contribution in [2.75, 3.05) is 20.3 Å². The number of amides is 1. The Kier molecular flexibility index (Phi) is 4.44. The van der Waals surface area contributed by atoms with Crippen molar-refractivity contribution in [2.24, 2.45) is 12.0 Å². The van der Waals surface area contributed by atoms with E-state index in [4.69, 9.17) is 14.2 Å². The summed E-state index contributed by atoms with van der Waals surface area (Å²) in [7, 11) is 3.20. The topological polar surface area (TPSA) is 79.9 Å². The molecule has 8 nitrogen and oxygen atoms in total. The average molecular weight is 386 g/mol. The number of aryl methyl sites for hydroxylation is 1. The quantitative estimate of drug-likeness (QED) is 0.642. The van der Waals surface area contributed by atoms with Crippen molar-refractivity contribution in [1.29, 1.82) is 0 Å². The number of nitrogens with zero attached hydrogens (tertiary/aromatic N) is 4. The van der Waals surface area contributed by atoms with Crippen LogP contribution in [-0.4, -0.2) is 40.6 Å². The van der Waals surface area contributed by atoms with E-state index in [2.05, 4.69) is 16.7 Å². The molecule has 4 rings (SSSR count). The Labute approximate surface area is 158 Å². The van der Waals surface area contributed by atoms with Gasteiger partial charge in [0.15, 0.2) is 16.3 Å². The van der Waals surface area contributed by atoms with Gasteiger partial charge in [0.2, 0.25) is 5.88 Å². The van der Waals surface area contributed by atoms with Crippen molar-refractivity contribution in [3.63, 3.8) is 0 Å². The fourth-order valence-electron chi connectivity index (χ4n) is 2.91. The number of aromatic nitrogens is 3. The summed E-state index contributed by atoms with van der Waals surface area (Å²) in [5, 5.41) is 4.11. The molecule has 3 heterocycles.